The van der Waals surface area contributed by atoms with Crippen LogP contribution in [-0.4, -0.2) is 87.7 Å². The van der Waals surface area contributed by atoms with Gasteiger partial charge in [-0.15, -0.1) is 0 Å². The average Bonchev–Trinajstić information content (AvgIpc) is 3.77. The first-order chi connectivity index (χ1) is 24.4. The Morgan fingerprint density at radius 3 is 2.72 bits per heavy atom. The highest BCUT2D eigenvalue weighted by Gasteiger charge is 2.50. The predicted molar refractivity (Wildman–Crippen MR) is 185 cm³/mol. The fourth-order valence-corrected chi connectivity index (χ4v) is 7.28. The third kappa shape index (κ3) is 5.28. The van der Waals surface area contributed by atoms with Gasteiger partial charge in [0.2, 0.25) is 5.88 Å². The van der Waals surface area contributed by atoms with E-state index in [0.29, 0.717) is 54.7 Å². The van der Waals surface area contributed by atoms with E-state index in [-0.39, 0.29) is 24.9 Å². The Hall–Kier alpha value is -5.25. The number of pyridine rings is 2. The molecular formula is C38H36N6O6. The number of morpholine rings is 1. The van der Waals surface area contributed by atoms with Gasteiger partial charge < -0.3 is 33.5 Å². The Morgan fingerprint density at radius 1 is 1.08 bits per heavy atom. The number of hydrogen-bond donors (Lipinski definition) is 1. The second kappa shape index (κ2) is 12.0. The summed E-state index contributed by atoms with van der Waals surface area (Å²) < 4.78 is 24.8. The van der Waals surface area contributed by atoms with Crippen LogP contribution in [0.1, 0.15) is 54.7 Å². The molecule has 12 nitrogen and oxygen atoms in total. The summed E-state index contributed by atoms with van der Waals surface area (Å²) in [7, 11) is 0. The topological polar surface area (TPSA) is 136 Å². The molecule has 0 unspecified atom stereocenters. The van der Waals surface area contributed by atoms with E-state index in [2.05, 4.69) is 28.6 Å². The van der Waals surface area contributed by atoms with Crippen LogP contribution in [0.4, 0.5) is 11.5 Å². The maximum absolute atomic E-state index is 12.8. The van der Waals surface area contributed by atoms with Gasteiger partial charge in [0.15, 0.2) is 11.4 Å². The molecule has 1 aliphatic carbocycles. The molecule has 3 saturated heterocycles. The number of anilines is 2. The van der Waals surface area contributed by atoms with Gasteiger partial charge in [-0.3, -0.25) is 4.98 Å². The van der Waals surface area contributed by atoms with Crippen molar-refractivity contribution in [2.24, 2.45) is 0 Å². The van der Waals surface area contributed by atoms with Gasteiger partial charge in [0.05, 0.1) is 38.1 Å². The summed E-state index contributed by atoms with van der Waals surface area (Å²) in [5.41, 5.74) is 4.69. The van der Waals surface area contributed by atoms with Crippen LogP contribution in [0, 0.1) is 18.8 Å². The second-order valence-corrected chi connectivity index (χ2v) is 13.6. The van der Waals surface area contributed by atoms with Crippen molar-refractivity contribution in [3.8, 4) is 17.7 Å². The van der Waals surface area contributed by atoms with Gasteiger partial charge in [0.25, 0.3) is 0 Å². The highest BCUT2D eigenvalue weighted by molar-refractivity contribution is 6.06. The molecule has 7 heterocycles. The summed E-state index contributed by atoms with van der Waals surface area (Å²) in [4.78, 5) is 35.9. The number of carboxylic acids is 1. The van der Waals surface area contributed by atoms with Crippen LogP contribution < -0.4 is 14.5 Å². The van der Waals surface area contributed by atoms with Gasteiger partial charge in [-0.05, 0) is 57.0 Å². The molecule has 4 aromatic heterocycles. The molecule has 3 atom stereocenters. The zero-order chi connectivity index (χ0) is 34.0. The number of aliphatic carboxylic acids is 1. The highest BCUT2D eigenvalue weighted by atomic mass is 16.6. The maximum atomic E-state index is 12.8. The Labute approximate surface area is 288 Å². The molecule has 50 heavy (non-hydrogen) atoms. The summed E-state index contributed by atoms with van der Waals surface area (Å²) in [6.07, 6.45) is 5.22. The smallest absolute Gasteiger partial charge is 0.326 e. The molecule has 1 spiro atoms. The lowest BCUT2D eigenvalue weighted by molar-refractivity contribution is -0.228. The number of furan rings is 1. The Bertz CT molecular complexity index is 2200. The minimum absolute atomic E-state index is 0.0204. The number of para-hydroxylation sites is 1. The summed E-state index contributed by atoms with van der Waals surface area (Å²) in [5.74, 6) is 7.45. The van der Waals surface area contributed by atoms with Crippen LogP contribution in [0.5, 0.6) is 5.88 Å². The van der Waals surface area contributed by atoms with E-state index in [0.717, 1.165) is 46.6 Å². The standard InChI is InChI=1S/C38H36N6O6/c1-22-25(6-5-13-39-22)10-9-24-16-29(43-14-15-48-38(23(43)2)20-47-21-38)36(40-18-24)49-27-17-30(37(45)46)44(19-27)35-33-32(41-34(42-35)26-11-12-26)28-7-3-4-8-31(28)50-33/h3-8,13,16,18,23,26-27,30H,11-12,14-15,17,19-21H2,1-2H3,(H,45,46)/t23-,27-,30-/m0/s1. The van der Waals surface area contributed by atoms with Crippen molar-refractivity contribution in [3.63, 3.8) is 0 Å². The summed E-state index contributed by atoms with van der Waals surface area (Å²) in [6.45, 7) is 6.54. The van der Waals surface area contributed by atoms with E-state index in [1.807, 2.05) is 49.4 Å². The summed E-state index contributed by atoms with van der Waals surface area (Å²) in [5, 5.41) is 11.4. The molecule has 254 valence electrons. The third-order valence-electron chi connectivity index (χ3n) is 10.4. The van der Waals surface area contributed by atoms with Gasteiger partial charge >= 0.3 is 5.97 Å². The number of hydrogen-bond acceptors (Lipinski definition) is 11. The highest BCUT2D eigenvalue weighted by Crippen LogP contribution is 2.44. The van der Waals surface area contributed by atoms with Crippen LogP contribution in [0.15, 0.2) is 59.3 Å². The number of carbonyl (C=O) groups is 1. The first kappa shape index (κ1) is 30.8. The molecule has 0 radical (unpaired) electrons. The molecule has 0 bridgehead atoms. The number of carboxylic acid groups (broad SMARTS) is 1. The monoisotopic (exact) mass is 672 g/mol. The molecule has 4 aliphatic rings. The van der Waals surface area contributed by atoms with Crippen LogP contribution in [0.2, 0.25) is 0 Å². The van der Waals surface area contributed by atoms with Crippen LogP contribution >= 0.6 is 0 Å². The van der Waals surface area contributed by atoms with Crippen molar-refractivity contribution < 1.29 is 28.5 Å². The van der Waals surface area contributed by atoms with E-state index in [4.69, 9.17) is 33.6 Å². The van der Waals surface area contributed by atoms with Crippen molar-refractivity contribution in [1.29, 1.82) is 0 Å². The normalized spacial score (nSPS) is 22.8. The SMILES string of the molecule is Cc1ncccc1C#Cc1cnc(O[C@H]2C[C@@H](C(=O)O)N(c3nc(C4CC4)nc4c3oc3ccccc34)C2)c(N2CCOC3(COC3)[C@@H]2C)c1. The van der Waals surface area contributed by atoms with E-state index in [9.17, 15) is 9.90 Å². The van der Waals surface area contributed by atoms with Crippen molar-refractivity contribution in [1.82, 2.24) is 19.9 Å². The van der Waals surface area contributed by atoms with Gasteiger partial charge in [-0.25, -0.2) is 19.7 Å². The largest absolute Gasteiger partial charge is 0.480 e. The molecule has 4 fully saturated rings. The van der Waals surface area contributed by atoms with Gasteiger partial charge in [-0.1, -0.05) is 24.0 Å². The quantitative estimate of drug-likeness (QED) is 0.247. The van der Waals surface area contributed by atoms with Crippen LogP contribution in [-0.2, 0) is 14.3 Å². The maximum Gasteiger partial charge on any atom is 0.326 e. The second-order valence-electron chi connectivity index (χ2n) is 13.6. The van der Waals surface area contributed by atoms with Gasteiger partial charge in [0.1, 0.15) is 40.4 Å². The number of fused-ring (bicyclic) bond motifs is 3. The fraction of sp³-hybridized carbons (Fsp3) is 0.395. The fourth-order valence-electron chi connectivity index (χ4n) is 7.28. The first-order valence-corrected chi connectivity index (χ1v) is 17.1. The van der Waals surface area contributed by atoms with Crippen molar-refractivity contribution in [2.45, 2.75) is 62.8 Å². The minimum atomic E-state index is -0.954. The lowest BCUT2D eigenvalue weighted by Crippen LogP contribution is -2.68. The molecule has 1 N–H and O–H groups in total. The molecular weight excluding hydrogens is 636 g/mol. The Balaban J connectivity index is 1.08. The Morgan fingerprint density at radius 2 is 1.94 bits per heavy atom. The number of ether oxygens (including phenoxy) is 3. The van der Waals surface area contributed by atoms with E-state index >= 15 is 0 Å². The molecule has 5 aromatic rings. The molecule has 3 aliphatic heterocycles. The number of nitrogens with zero attached hydrogens (tertiary/aromatic N) is 6. The number of aryl methyl sites for hydroxylation is 1. The summed E-state index contributed by atoms with van der Waals surface area (Å²) in [6, 6.07) is 12.7. The average molecular weight is 673 g/mol. The van der Waals surface area contributed by atoms with Crippen LogP contribution in [0.25, 0.3) is 22.1 Å². The van der Waals surface area contributed by atoms with Gasteiger partial charge in [-0.2, -0.15) is 0 Å². The molecule has 0 amide bonds. The van der Waals surface area contributed by atoms with Gasteiger partial charge in [0, 0.05) is 47.8 Å². The van der Waals surface area contributed by atoms with E-state index in [1.54, 1.807) is 17.3 Å². The number of benzene rings is 1. The van der Waals surface area contributed by atoms with E-state index in [1.165, 1.54) is 0 Å². The van der Waals surface area contributed by atoms with Crippen molar-refractivity contribution in [3.05, 3.63) is 77.5 Å². The first-order valence-electron chi connectivity index (χ1n) is 17.1. The minimum Gasteiger partial charge on any atom is -0.480 e. The zero-order valence-corrected chi connectivity index (χ0v) is 27.8. The number of rotatable bonds is 6. The molecule has 1 saturated carbocycles. The summed E-state index contributed by atoms with van der Waals surface area (Å²) >= 11 is 0. The molecule has 1 aromatic carbocycles. The third-order valence-corrected chi connectivity index (χ3v) is 10.4. The number of aromatic nitrogens is 4. The van der Waals surface area contributed by atoms with E-state index < -0.39 is 23.7 Å². The molecule has 12 heteroatoms. The van der Waals surface area contributed by atoms with Crippen molar-refractivity contribution >= 4 is 39.5 Å². The Kier molecular flexibility index (Phi) is 7.37. The molecule has 9 rings (SSSR count). The van der Waals surface area contributed by atoms with Crippen molar-refractivity contribution in [2.75, 3.05) is 42.7 Å². The lowest BCUT2D eigenvalue weighted by atomic mass is 9.90. The zero-order valence-electron chi connectivity index (χ0n) is 27.8. The predicted octanol–water partition coefficient (Wildman–Crippen LogP) is 4.86. The van der Waals surface area contributed by atoms with Crippen LogP contribution in [0.3, 0.4) is 0 Å². The lowest BCUT2D eigenvalue weighted by Gasteiger charge is -2.53.